The topological polar surface area (TPSA) is 77.8 Å². The van der Waals surface area contributed by atoms with E-state index in [9.17, 15) is 162 Å². The van der Waals surface area contributed by atoms with E-state index in [1.54, 1.807) is 0 Å². The Morgan fingerprint density at radius 3 is 0.734 bits per heavy atom. The molecule has 64 heavy (non-hydrogen) atoms. The van der Waals surface area contributed by atoms with Crippen molar-refractivity contribution in [2.45, 2.75) is 120 Å². The molecule has 386 valence electrons. The monoisotopic (exact) mass is 1070 g/mol. The number of sulfonamides is 1. The second kappa shape index (κ2) is 16.0. The van der Waals surface area contributed by atoms with Crippen molar-refractivity contribution in [3.05, 3.63) is 0 Å². The number of aliphatic hydroxyl groups is 2. The molecular formula is C23H14F35NO4S. The quantitative estimate of drug-likeness (QED) is 0.106. The number of rotatable bonds is 22. The molecule has 0 saturated carbocycles. The summed E-state index contributed by atoms with van der Waals surface area (Å²) < 4.78 is 506. The summed E-state index contributed by atoms with van der Waals surface area (Å²) in [5.74, 6) is -150. The molecule has 0 spiro atoms. The van der Waals surface area contributed by atoms with E-state index in [1.807, 2.05) is 0 Å². The molecular weight excluding hydrogens is 1050 g/mol. The molecule has 0 aromatic heterocycles. The van der Waals surface area contributed by atoms with Crippen LogP contribution in [0.25, 0.3) is 0 Å². The van der Waals surface area contributed by atoms with Gasteiger partial charge in [0.2, 0.25) is 0 Å². The average Bonchev–Trinajstić information content (AvgIpc) is 3.09. The van der Waals surface area contributed by atoms with E-state index in [0.29, 0.717) is 6.92 Å². The van der Waals surface area contributed by atoms with Gasteiger partial charge in [-0.05, 0) is 6.42 Å². The van der Waals surface area contributed by atoms with Gasteiger partial charge in [0.25, 0.3) is 10.0 Å². The molecule has 0 aliphatic rings. The zero-order valence-corrected chi connectivity index (χ0v) is 29.5. The van der Waals surface area contributed by atoms with Crippen LogP contribution in [0.4, 0.5) is 154 Å². The van der Waals surface area contributed by atoms with Crippen LogP contribution in [0.3, 0.4) is 0 Å². The molecule has 0 aromatic rings. The van der Waals surface area contributed by atoms with Gasteiger partial charge in [-0.1, -0.05) is 6.92 Å². The van der Waals surface area contributed by atoms with Gasteiger partial charge < -0.3 is 10.2 Å². The van der Waals surface area contributed by atoms with Gasteiger partial charge in [-0.3, -0.25) is 0 Å². The van der Waals surface area contributed by atoms with Crippen LogP contribution >= 0.6 is 0 Å². The van der Waals surface area contributed by atoms with Crippen LogP contribution in [0.1, 0.15) is 13.3 Å². The Balaban J connectivity index is 7.93. The fourth-order valence-electron chi connectivity index (χ4n) is 4.10. The minimum atomic E-state index is -10.4. The highest BCUT2D eigenvalue weighted by Crippen LogP contribution is 2.70. The van der Waals surface area contributed by atoms with Gasteiger partial charge in [0.15, 0.2) is 0 Å². The maximum absolute atomic E-state index is 14.5. The van der Waals surface area contributed by atoms with E-state index >= 15 is 0 Å². The van der Waals surface area contributed by atoms with E-state index in [2.05, 4.69) is 0 Å². The molecule has 0 bridgehead atoms. The van der Waals surface area contributed by atoms with Crippen LogP contribution in [-0.4, -0.2) is 149 Å². The highest BCUT2D eigenvalue weighted by atomic mass is 32.2. The molecule has 1 atom stereocenters. The lowest BCUT2D eigenvalue weighted by Gasteiger charge is -2.47. The van der Waals surface area contributed by atoms with E-state index in [0.717, 1.165) is 0 Å². The van der Waals surface area contributed by atoms with Crippen molar-refractivity contribution in [1.82, 2.24) is 4.31 Å². The van der Waals surface area contributed by atoms with Crippen molar-refractivity contribution in [3.8, 4) is 0 Å². The van der Waals surface area contributed by atoms with Gasteiger partial charge in [-0.2, -0.15) is 158 Å². The molecule has 1 unspecified atom stereocenters. The summed E-state index contributed by atoms with van der Waals surface area (Å²) >= 11 is 0. The molecule has 0 saturated heterocycles. The van der Waals surface area contributed by atoms with E-state index in [4.69, 9.17) is 10.2 Å². The average molecular weight is 1070 g/mol. The molecule has 5 nitrogen and oxygen atoms in total. The van der Waals surface area contributed by atoms with Crippen LogP contribution in [0, 0.1) is 0 Å². The van der Waals surface area contributed by atoms with Crippen LogP contribution in [0.15, 0.2) is 0 Å². The van der Waals surface area contributed by atoms with Gasteiger partial charge in [0.1, 0.15) is 0 Å². The molecule has 0 aromatic carbocycles. The molecule has 0 aliphatic carbocycles. The highest BCUT2D eigenvalue weighted by molar-refractivity contribution is 7.90. The predicted octanol–water partition coefficient (Wildman–Crippen LogP) is 10.1. The van der Waals surface area contributed by atoms with Gasteiger partial charge in [0.05, 0.1) is 12.7 Å². The van der Waals surface area contributed by atoms with Crippen molar-refractivity contribution in [2.24, 2.45) is 0 Å². The van der Waals surface area contributed by atoms with Crippen LogP contribution < -0.4 is 0 Å². The lowest BCUT2D eigenvalue weighted by atomic mass is 9.82. The summed E-state index contributed by atoms with van der Waals surface area (Å²) in [5, 5.41) is 9.45. The molecule has 41 heteroatoms. The third-order valence-electron chi connectivity index (χ3n) is 8.00. The first-order valence-electron chi connectivity index (χ1n) is 14.6. The SMILES string of the molecule is CCCN(CC(O)CO)S(=O)(=O)C(F)(F)C(F)(F)C(F)(F)C(F)(F)C(F)(F)C(F)(F)C(F)(F)C(F)(F)C(F)(F)C(F)(F)C(F)(F)C(F)(F)C(F)(F)C(F)(F)C(F)(F)C(F)(F)C(F)(F)F. The van der Waals surface area contributed by atoms with Crippen LogP contribution in [0.5, 0.6) is 0 Å². The Morgan fingerprint density at radius 1 is 0.375 bits per heavy atom. The number of hydrogen-bond donors (Lipinski definition) is 2. The Kier molecular flexibility index (Phi) is 15.3. The third kappa shape index (κ3) is 7.40. The molecule has 2 N–H and O–H groups in total. The first kappa shape index (κ1) is 61.4. The maximum Gasteiger partial charge on any atom is 0.460 e. The fraction of sp³-hybridized carbons (Fsp3) is 1.00. The Bertz CT molecular complexity index is 1770. The predicted molar refractivity (Wildman–Crippen MR) is 129 cm³/mol. The lowest BCUT2D eigenvalue weighted by Crippen LogP contribution is -2.80. The van der Waals surface area contributed by atoms with Gasteiger partial charge in [-0.25, -0.2) is 8.42 Å². The Labute approximate surface area is 327 Å². The summed E-state index contributed by atoms with van der Waals surface area (Å²) in [4.78, 5) is 0. The second-order valence-electron chi connectivity index (χ2n) is 12.3. The second-order valence-corrected chi connectivity index (χ2v) is 14.3. The fourth-order valence-corrected chi connectivity index (χ4v) is 5.67. The minimum absolute atomic E-state index is 0.610. The number of halogens is 35. The minimum Gasteiger partial charge on any atom is -0.394 e. The van der Waals surface area contributed by atoms with Crippen molar-refractivity contribution >= 4 is 10.0 Å². The highest BCUT2D eigenvalue weighted by Gasteiger charge is 3.02. The largest absolute Gasteiger partial charge is 0.460 e. The number of nitrogens with zero attached hydrogens (tertiary/aromatic N) is 1. The maximum atomic E-state index is 14.5. The van der Waals surface area contributed by atoms with Gasteiger partial charge in [-0.15, -0.1) is 0 Å². The van der Waals surface area contributed by atoms with Crippen molar-refractivity contribution in [1.29, 1.82) is 0 Å². The molecule has 0 rings (SSSR count). The number of hydrogen-bond acceptors (Lipinski definition) is 4. The zero-order valence-electron chi connectivity index (χ0n) is 28.7. The first-order chi connectivity index (χ1) is 27.2. The van der Waals surface area contributed by atoms with Crippen molar-refractivity contribution < 1.29 is 172 Å². The molecule has 0 aliphatic heterocycles. The standard InChI is InChI=1S/C23H14F35NO4S/c1-2-3-59(4-6(61)5-60)64(62,63)23(57,58)21(52,53)19(48,49)17(44,45)15(40,41)13(36,37)11(32,33)9(28,29)7(24,25)8(26,27)10(30,31)12(34,35)14(38,39)16(42,43)18(46,47)20(50,51)22(54,55)56/h6,60-61H,2-5H2,1H3. The molecule has 0 fully saturated rings. The van der Waals surface area contributed by atoms with Crippen LogP contribution in [0.2, 0.25) is 0 Å². The summed E-state index contributed by atoms with van der Waals surface area (Å²) in [6.45, 7) is -5.28. The normalized spacial score (nSPS) is 17.4. The van der Waals surface area contributed by atoms with Gasteiger partial charge >= 0.3 is 100 Å². The lowest BCUT2D eigenvalue weighted by molar-refractivity contribution is -0.491. The molecule has 0 amide bonds. The Morgan fingerprint density at radius 2 is 0.562 bits per heavy atom. The van der Waals surface area contributed by atoms with E-state index in [-0.39, 0.29) is 0 Å². The zero-order chi connectivity index (χ0) is 53.0. The van der Waals surface area contributed by atoms with Crippen LogP contribution in [-0.2, 0) is 10.0 Å². The number of aliphatic hydroxyl groups excluding tert-OH is 2. The van der Waals surface area contributed by atoms with Crippen molar-refractivity contribution in [3.63, 3.8) is 0 Å². The molecule has 0 heterocycles. The van der Waals surface area contributed by atoms with E-state index < -0.39 is 147 Å². The summed E-state index contributed by atoms with van der Waals surface area (Å²) in [5.41, 5.74) is 0. The number of alkyl halides is 35. The van der Waals surface area contributed by atoms with Crippen molar-refractivity contribution in [2.75, 3.05) is 19.7 Å². The summed E-state index contributed by atoms with van der Waals surface area (Å²) in [6.07, 6.45) is -12.3. The first-order valence-corrected chi connectivity index (χ1v) is 16.0. The van der Waals surface area contributed by atoms with E-state index in [1.165, 1.54) is 0 Å². The third-order valence-corrected chi connectivity index (χ3v) is 9.92. The summed E-state index contributed by atoms with van der Waals surface area (Å²) in [7, 11) is -8.08. The molecule has 0 radical (unpaired) electrons. The summed E-state index contributed by atoms with van der Waals surface area (Å²) in [6, 6.07) is 0. The van der Waals surface area contributed by atoms with Gasteiger partial charge in [0, 0.05) is 13.1 Å². The Hall–Kier alpha value is -2.62. The smallest absolute Gasteiger partial charge is 0.394 e.